The number of hydrogen-bond acceptors (Lipinski definition) is 4. The second-order valence-corrected chi connectivity index (χ2v) is 5.86. The zero-order valence-electron chi connectivity index (χ0n) is 11.9. The zero-order valence-corrected chi connectivity index (χ0v) is 11.9. The average Bonchev–Trinajstić information content (AvgIpc) is 3.02. The highest BCUT2D eigenvalue weighted by atomic mass is 16.5. The lowest BCUT2D eigenvalue weighted by molar-refractivity contribution is 0.0827. The van der Waals surface area contributed by atoms with Gasteiger partial charge in [-0.15, -0.1) is 0 Å². The van der Waals surface area contributed by atoms with Gasteiger partial charge in [-0.2, -0.15) is 0 Å². The van der Waals surface area contributed by atoms with E-state index < -0.39 is 0 Å². The number of fused-ring (bicyclic) bond motifs is 2. The molecule has 0 aromatic heterocycles. The van der Waals surface area contributed by atoms with E-state index in [0.717, 1.165) is 18.5 Å². The summed E-state index contributed by atoms with van der Waals surface area (Å²) in [5.74, 6) is -0.0356. The van der Waals surface area contributed by atoms with Crippen molar-refractivity contribution in [2.45, 2.75) is 37.5 Å². The van der Waals surface area contributed by atoms with E-state index in [1.807, 2.05) is 12.1 Å². The SMILES string of the molecule is CN(C)C(=O)c1ccc(NC2CC3CCC2O3)c(N)c1. The van der Waals surface area contributed by atoms with Crippen LogP contribution in [-0.2, 0) is 4.74 Å². The highest BCUT2D eigenvalue weighted by Crippen LogP contribution is 2.36. The number of benzene rings is 1. The van der Waals surface area contributed by atoms with Gasteiger partial charge in [0, 0.05) is 19.7 Å². The molecule has 3 atom stereocenters. The van der Waals surface area contributed by atoms with E-state index in [9.17, 15) is 4.79 Å². The number of nitrogen functional groups attached to an aromatic ring is 1. The molecule has 1 aromatic rings. The van der Waals surface area contributed by atoms with Gasteiger partial charge in [-0.25, -0.2) is 0 Å². The van der Waals surface area contributed by atoms with Crippen LogP contribution >= 0.6 is 0 Å². The molecule has 3 rings (SSSR count). The maximum atomic E-state index is 11.9. The Hall–Kier alpha value is -1.75. The lowest BCUT2D eigenvalue weighted by atomic mass is 9.95. The van der Waals surface area contributed by atoms with E-state index in [4.69, 9.17) is 10.5 Å². The minimum absolute atomic E-state index is 0.0356. The fourth-order valence-electron chi connectivity index (χ4n) is 3.07. The highest BCUT2D eigenvalue weighted by molar-refractivity contribution is 5.95. The fourth-order valence-corrected chi connectivity index (χ4v) is 3.07. The number of hydrogen-bond donors (Lipinski definition) is 2. The van der Waals surface area contributed by atoms with Gasteiger partial charge in [-0.3, -0.25) is 4.79 Å². The van der Waals surface area contributed by atoms with Gasteiger partial charge in [-0.05, 0) is 37.5 Å². The number of ether oxygens (including phenoxy) is 1. The molecule has 108 valence electrons. The Kier molecular flexibility index (Phi) is 3.30. The zero-order chi connectivity index (χ0) is 14.3. The quantitative estimate of drug-likeness (QED) is 0.824. The van der Waals surface area contributed by atoms with Crippen LogP contribution in [0.2, 0.25) is 0 Å². The van der Waals surface area contributed by atoms with E-state index >= 15 is 0 Å². The molecule has 3 unspecified atom stereocenters. The normalized spacial score (nSPS) is 27.6. The fraction of sp³-hybridized carbons (Fsp3) is 0.533. The third-order valence-electron chi connectivity index (χ3n) is 4.15. The van der Waals surface area contributed by atoms with Crippen LogP contribution in [-0.4, -0.2) is 43.2 Å². The summed E-state index contributed by atoms with van der Waals surface area (Å²) in [4.78, 5) is 13.4. The number of rotatable bonds is 3. The average molecular weight is 275 g/mol. The Labute approximate surface area is 119 Å². The minimum Gasteiger partial charge on any atom is -0.397 e. The molecule has 2 saturated heterocycles. The summed E-state index contributed by atoms with van der Waals surface area (Å²) in [7, 11) is 3.47. The summed E-state index contributed by atoms with van der Waals surface area (Å²) in [5.41, 5.74) is 8.18. The van der Waals surface area contributed by atoms with Crippen LogP contribution in [0, 0.1) is 0 Å². The predicted molar refractivity (Wildman–Crippen MR) is 78.8 cm³/mol. The molecule has 2 heterocycles. The van der Waals surface area contributed by atoms with Gasteiger partial charge >= 0.3 is 0 Å². The van der Waals surface area contributed by atoms with Crippen molar-refractivity contribution in [3.05, 3.63) is 23.8 Å². The summed E-state index contributed by atoms with van der Waals surface area (Å²) in [6.07, 6.45) is 4.06. The molecule has 2 fully saturated rings. The highest BCUT2D eigenvalue weighted by Gasteiger charge is 2.40. The molecule has 2 bridgehead atoms. The third-order valence-corrected chi connectivity index (χ3v) is 4.15. The molecular formula is C15H21N3O2. The van der Waals surface area contributed by atoms with Crippen LogP contribution in [0.3, 0.4) is 0 Å². The smallest absolute Gasteiger partial charge is 0.253 e. The number of carbonyl (C=O) groups excluding carboxylic acids is 1. The van der Waals surface area contributed by atoms with Crippen LogP contribution in [0.25, 0.3) is 0 Å². The molecule has 5 heteroatoms. The summed E-state index contributed by atoms with van der Waals surface area (Å²) < 4.78 is 5.83. The maximum absolute atomic E-state index is 11.9. The van der Waals surface area contributed by atoms with Crippen LogP contribution < -0.4 is 11.1 Å². The van der Waals surface area contributed by atoms with E-state index in [0.29, 0.717) is 29.5 Å². The molecular weight excluding hydrogens is 254 g/mol. The van der Waals surface area contributed by atoms with Gasteiger partial charge in [0.1, 0.15) is 0 Å². The predicted octanol–water partition coefficient (Wildman–Crippen LogP) is 1.70. The third kappa shape index (κ3) is 2.33. The largest absolute Gasteiger partial charge is 0.397 e. The number of amides is 1. The Balaban J connectivity index is 1.73. The first kappa shape index (κ1) is 13.2. The Morgan fingerprint density at radius 2 is 2.20 bits per heavy atom. The van der Waals surface area contributed by atoms with Crippen LogP contribution in [0.15, 0.2) is 18.2 Å². The number of nitrogens with zero attached hydrogens (tertiary/aromatic N) is 1. The molecule has 1 amide bonds. The van der Waals surface area contributed by atoms with Gasteiger partial charge < -0.3 is 20.7 Å². The van der Waals surface area contributed by atoms with Crippen molar-refractivity contribution in [2.75, 3.05) is 25.1 Å². The first-order chi connectivity index (χ1) is 9.54. The van der Waals surface area contributed by atoms with Crippen molar-refractivity contribution >= 4 is 17.3 Å². The van der Waals surface area contributed by atoms with E-state index in [2.05, 4.69) is 5.32 Å². The Morgan fingerprint density at radius 1 is 1.40 bits per heavy atom. The van der Waals surface area contributed by atoms with Gasteiger partial charge in [-0.1, -0.05) is 0 Å². The molecule has 0 radical (unpaired) electrons. The van der Waals surface area contributed by atoms with Crippen molar-refractivity contribution in [3.8, 4) is 0 Å². The van der Waals surface area contributed by atoms with Crippen molar-refractivity contribution in [1.29, 1.82) is 0 Å². The van der Waals surface area contributed by atoms with Crippen molar-refractivity contribution in [1.82, 2.24) is 4.90 Å². The Morgan fingerprint density at radius 3 is 2.75 bits per heavy atom. The lowest BCUT2D eigenvalue weighted by Crippen LogP contribution is -2.30. The second-order valence-electron chi connectivity index (χ2n) is 5.86. The molecule has 5 nitrogen and oxygen atoms in total. The first-order valence-electron chi connectivity index (χ1n) is 7.08. The monoisotopic (exact) mass is 275 g/mol. The van der Waals surface area contributed by atoms with Gasteiger partial charge in [0.15, 0.2) is 0 Å². The molecule has 3 N–H and O–H groups in total. The minimum atomic E-state index is -0.0356. The van der Waals surface area contributed by atoms with Gasteiger partial charge in [0.25, 0.3) is 5.91 Å². The number of nitrogens with two attached hydrogens (primary N) is 1. The molecule has 20 heavy (non-hydrogen) atoms. The van der Waals surface area contributed by atoms with Crippen molar-refractivity contribution in [2.24, 2.45) is 0 Å². The van der Waals surface area contributed by atoms with Crippen molar-refractivity contribution in [3.63, 3.8) is 0 Å². The lowest BCUT2D eigenvalue weighted by Gasteiger charge is -2.22. The summed E-state index contributed by atoms with van der Waals surface area (Å²) in [6, 6.07) is 5.78. The summed E-state index contributed by atoms with van der Waals surface area (Å²) in [5, 5.41) is 3.46. The van der Waals surface area contributed by atoms with Gasteiger partial charge in [0.05, 0.1) is 29.6 Å². The molecule has 0 spiro atoms. The van der Waals surface area contributed by atoms with Crippen LogP contribution in [0.5, 0.6) is 0 Å². The molecule has 0 aliphatic carbocycles. The topological polar surface area (TPSA) is 67.6 Å². The Bertz CT molecular complexity index is 530. The van der Waals surface area contributed by atoms with Crippen LogP contribution in [0.4, 0.5) is 11.4 Å². The molecule has 0 saturated carbocycles. The van der Waals surface area contributed by atoms with Gasteiger partial charge in [0.2, 0.25) is 0 Å². The molecule has 2 aliphatic rings. The molecule has 1 aromatic carbocycles. The van der Waals surface area contributed by atoms with E-state index in [1.165, 1.54) is 6.42 Å². The number of carbonyl (C=O) groups is 1. The summed E-state index contributed by atoms with van der Waals surface area (Å²) in [6.45, 7) is 0. The maximum Gasteiger partial charge on any atom is 0.253 e. The van der Waals surface area contributed by atoms with E-state index in [-0.39, 0.29) is 5.91 Å². The number of nitrogens with one attached hydrogen (secondary N) is 1. The standard InChI is InChI=1S/C15H21N3O2/c1-18(2)15(19)9-3-5-12(11(16)7-9)17-13-8-10-4-6-14(13)20-10/h3,5,7,10,13-14,17H,4,6,8,16H2,1-2H3. The molecule has 2 aliphatic heterocycles. The second kappa shape index (κ2) is 4.98. The number of anilines is 2. The first-order valence-corrected chi connectivity index (χ1v) is 7.08. The van der Waals surface area contributed by atoms with Crippen LogP contribution in [0.1, 0.15) is 29.6 Å². The van der Waals surface area contributed by atoms with E-state index in [1.54, 1.807) is 25.1 Å². The summed E-state index contributed by atoms with van der Waals surface area (Å²) >= 11 is 0. The van der Waals surface area contributed by atoms with Crippen molar-refractivity contribution < 1.29 is 9.53 Å².